The Labute approximate surface area is 156 Å². The molecule has 2 aromatic rings. The molecular weight excluding hydrogens is 344 g/mol. The highest BCUT2D eigenvalue weighted by molar-refractivity contribution is 6.11. The van der Waals surface area contributed by atoms with Gasteiger partial charge >= 0.3 is 0 Å². The number of para-hydroxylation sites is 2. The van der Waals surface area contributed by atoms with E-state index in [1.807, 2.05) is 55.5 Å². The fourth-order valence-corrected chi connectivity index (χ4v) is 2.53. The minimum Gasteiger partial charge on any atom is -0.369 e. The Hall–Kier alpha value is -3.68. The van der Waals surface area contributed by atoms with E-state index >= 15 is 0 Å². The number of carbonyl (C=O) groups excluding carboxylic acids is 2. The molecule has 3 rings (SSSR count). The fraction of sp³-hybridized carbons (Fsp3) is 0.158. The molecule has 8 nitrogen and oxygen atoms in total. The number of amides is 2. The van der Waals surface area contributed by atoms with Crippen LogP contribution in [0.5, 0.6) is 0 Å². The minimum absolute atomic E-state index is 0.0782. The molecule has 1 aliphatic heterocycles. The largest absolute Gasteiger partial charge is 0.369 e. The maximum atomic E-state index is 12.2. The average Bonchev–Trinajstić information content (AvgIpc) is 2.96. The van der Waals surface area contributed by atoms with Crippen molar-refractivity contribution in [2.75, 3.05) is 10.6 Å². The molecular formula is C19H20N6O2. The van der Waals surface area contributed by atoms with Crippen molar-refractivity contribution in [3.05, 3.63) is 60.2 Å². The summed E-state index contributed by atoms with van der Waals surface area (Å²) < 4.78 is 0. The van der Waals surface area contributed by atoms with Crippen LogP contribution < -0.4 is 21.7 Å². The summed E-state index contributed by atoms with van der Waals surface area (Å²) >= 11 is 0. The Morgan fingerprint density at radius 2 is 1.85 bits per heavy atom. The van der Waals surface area contributed by atoms with E-state index in [0.29, 0.717) is 5.69 Å². The zero-order chi connectivity index (χ0) is 19.2. The lowest BCUT2D eigenvalue weighted by atomic mass is 10.1. The first kappa shape index (κ1) is 18.1. The van der Waals surface area contributed by atoms with Crippen LogP contribution in [-0.2, 0) is 9.59 Å². The highest BCUT2D eigenvalue weighted by Gasteiger charge is 2.28. The summed E-state index contributed by atoms with van der Waals surface area (Å²) in [6.07, 6.45) is -0.0782. The van der Waals surface area contributed by atoms with E-state index in [4.69, 9.17) is 5.73 Å². The minimum atomic E-state index is -0.836. The predicted octanol–water partition coefficient (Wildman–Crippen LogP) is 1.60. The van der Waals surface area contributed by atoms with Gasteiger partial charge in [0.05, 0.1) is 6.42 Å². The van der Waals surface area contributed by atoms with Crippen LogP contribution >= 0.6 is 0 Å². The van der Waals surface area contributed by atoms with Gasteiger partial charge in [-0.25, -0.2) is 4.99 Å². The number of guanidine groups is 2. The Kier molecular flexibility index (Phi) is 5.46. The third-order valence-corrected chi connectivity index (χ3v) is 3.89. The van der Waals surface area contributed by atoms with Gasteiger partial charge < -0.3 is 16.4 Å². The van der Waals surface area contributed by atoms with Crippen LogP contribution in [0, 0.1) is 6.92 Å². The number of hydrogen-bond acceptors (Lipinski definition) is 4. The van der Waals surface area contributed by atoms with Crippen LogP contribution in [0.3, 0.4) is 0 Å². The van der Waals surface area contributed by atoms with E-state index < -0.39 is 6.04 Å². The topological polar surface area (TPSA) is 121 Å². The van der Waals surface area contributed by atoms with Crippen LogP contribution in [0.4, 0.5) is 11.4 Å². The second-order valence-electron chi connectivity index (χ2n) is 6.01. The number of nitrogens with zero attached hydrogens (tertiary/aromatic N) is 2. The van der Waals surface area contributed by atoms with Crippen molar-refractivity contribution in [3.63, 3.8) is 0 Å². The van der Waals surface area contributed by atoms with Gasteiger partial charge in [0.2, 0.25) is 17.8 Å². The monoisotopic (exact) mass is 364 g/mol. The van der Waals surface area contributed by atoms with Crippen molar-refractivity contribution in [1.29, 1.82) is 0 Å². The summed E-state index contributed by atoms with van der Waals surface area (Å²) in [6.45, 7) is 1.89. The number of benzene rings is 2. The molecule has 0 aromatic heterocycles. The van der Waals surface area contributed by atoms with Crippen molar-refractivity contribution in [1.82, 2.24) is 5.32 Å². The highest BCUT2D eigenvalue weighted by atomic mass is 16.2. The molecule has 0 fully saturated rings. The Morgan fingerprint density at radius 1 is 1.15 bits per heavy atom. The molecule has 1 atom stereocenters. The van der Waals surface area contributed by atoms with Crippen LogP contribution in [-0.4, -0.2) is 29.8 Å². The SMILES string of the molecule is Cc1ccccc1NC(=O)C[C@H]1N=C(N=C(N)Nc2ccccc2)NC1=O. The third kappa shape index (κ3) is 4.91. The number of aliphatic imine (C=N–C) groups is 2. The second kappa shape index (κ2) is 8.13. The first-order valence-electron chi connectivity index (χ1n) is 8.41. The molecule has 0 aliphatic carbocycles. The van der Waals surface area contributed by atoms with Gasteiger partial charge in [-0.15, -0.1) is 0 Å². The highest BCUT2D eigenvalue weighted by Crippen LogP contribution is 2.15. The van der Waals surface area contributed by atoms with Gasteiger partial charge in [-0.05, 0) is 30.7 Å². The summed E-state index contributed by atoms with van der Waals surface area (Å²) in [5, 5.41) is 8.20. The van der Waals surface area contributed by atoms with Crippen molar-refractivity contribution in [2.24, 2.45) is 15.7 Å². The summed E-state index contributed by atoms with van der Waals surface area (Å²) in [5.41, 5.74) is 8.23. The lowest BCUT2D eigenvalue weighted by Crippen LogP contribution is -2.32. The Morgan fingerprint density at radius 3 is 2.59 bits per heavy atom. The summed E-state index contributed by atoms with van der Waals surface area (Å²) in [7, 11) is 0. The van der Waals surface area contributed by atoms with Crippen LogP contribution in [0.1, 0.15) is 12.0 Å². The quantitative estimate of drug-likeness (QED) is 0.486. The smallest absolute Gasteiger partial charge is 0.252 e. The van der Waals surface area contributed by atoms with Crippen molar-refractivity contribution >= 4 is 35.1 Å². The number of nitrogens with one attached hydrogen (secondary N) is 3. The zero-order valence-corrected chi connectivity index (χ0v) is 14.8. The molecule has 0 saturated heterocycles. The summed E-state index contributed by atoms with van der Waals surface area (Å²) in [5.74, 6) is -0.519. The predicted molar refractivity (Wildman–Crippen MR) is 105 cm³/mol. The molecule has 2 aromatic carbocycles. The fourth-order valence-electron chi connectivity index (χ4n) is 2.53. The molecule has 0 saturated carbocycles. The number of rotatable bonds is 4. The van der Waals surface area contributed by atoms with E-state index in [-0.39, 0.29) is 30.2 Å². The van der Waals surface area contributed by atoms with E-state index in [1.54, 1.807) is 6.07 Å². The molecule has 0 radical (unpaired) electrons. The normalized spacial score (nSPS) is 16.5. The molecule has 0 unspecified atom stereocenters. The van der Waals surface area contributed by atoms with Crippen molar-refractivity contribution in [2.45, 2.75) is 19.4 Å². The second-order valence-corrected chi connectivity index (χ2v) is 6.01. The first-order chi connectivity index (χ1) is 13.0. The lowest BCUT2D eigenvalue weighted by Gasteiger charge is -2.09. The maximum absolute atomic E-state index is 12.2. The van der Waals surface area contributed by atoms with Gasteiger partial charge in [-0.1, -0.05) is 36.4 Å². The third-order valence-electron chi connectivity index (χ3n) is 3.89. The van der Waals surface area contributed by atoms with Gasteiger partial charge in [0, 0.05) is 11.4 Å². The number of hydrogen-bond donors (Lipinski definition) is 4. The van der Waals surface area contributed by atoms with Gasteiger partial charge in [0.15, 0.2) is 0 Å². The van der Waals surface area contributed by atoms with Crippen LogP contribution in [0.15, 0.2) is 64.6 Å². The molecule has 138 valence electrons. The van der Waals surface area contributed by atoms with Crippen molar-refractivity contribution in [3.8, 4) is 0 Å². The van der Waals surface area contributed by atoms with Crippen molar-refractivity contribution < 1.29 is 9.59 Å². The average molecular weight is 364 g/mol. The Bertz CT molecular complexity index is 907. The number of aryl methyl sites for hydroxylation is 1. The van der Waals surface area contributed by atoms with E-state index in [9.17, 15) is 9.59 Å². The van der Waals surface area contributed by atoms with Crippen LogP contribution in [0.25, 0.3) is 0 Å². The first-order valence-corrected chi connectivity index (χ1v) is 8.41. The number of carbonyl (C=O) groups is 2. The van der Waals surface area contributed by atoms with Gasteiger partial charge in [-0.2, -0.15) is 4.99 Å². The molecule has 0 spiro atoms. The standard InChI is InChI=1S/C19H20N6O2/c1-12-7-5-6-10-14(12)22-16(26)11-15-17(27)24-19(23-15)25-18(20)21-13-8-3-2-4-9-13/h2-10,15H,11H2,1H3,(H,22,26)(H4,20,21,23,24,25,27)/t15-/m1/s1. The molecule has 8 heteroatoms. The van der Waals surface area contributed by atoms with E-state index in [2.05, 4.69) is 25.9 Å². The molecule has 0 bridgehead atoms. The Balaban J connectivity index is 1.61. The van der Waals surface area contributed by atoms with Gasteiger partial charge in [-0.3, -0.25) is 14.9 Å². The lowest BCUT2D eigenvalue weighted by molar-refractivity contribution is -0.123. The van der Waals surface area contributed by atoms with Gasteiger partial charge in [0.1, 0.15) is 6.04 Å². The molecule has 27 heavy (non-hydrogen) atoms. The maximum Gasteiger partial charge on any atom is 0.252 e. The van der Waals surface area contributed by atoms with Gasteiger partial charge in [0.25, 0.3) is 5.91 Å². The van der Waals surface area contributed by atoms with Crippen LogP contribution in [0.2, 0.25) is 0 Å². The summed E-state index contributed by atoms with van der Waals surface area (Å²) in [6, 6.07) is 15.8. The molecule has 1 heterocycles. The molecule has 2 amide bonds. The molecule has 5 N–H and O–H groups in total. The van der Waals surface area contributed by atoms with E-state index in [0.717, 1.165) is 11.3 Å². The molecule has 1 aliphatic rings. The zero-order valence-electron chi connectivity index (χ0n) is 14.8. The van der Waals surface area contributed by atoms with E-state index in [1.165, 1.54) is 0 Å². The number of anilines is 2. The number of nitrogens with two attached hydrogens (primary N) is 1. The summed E-state index contributed by atoms with van der Waals surface area (Å²) in [4.78, 5) is 32.4.